The zero-order valence-corrected chi connectivity index (χ0v) is 15.8. The molecule has 138 valence electrons. The lowest BCUT2D eigenvalue weighted by Gasteiger charge is -2.51. The normalized spacial score (nSPS) is 42.2. The molecule has 3 fully saturated rings. The molecule has 0 heterocycles. The second-order valence-electron chi connectivity index (χ2n) is 9.52. The molecule has 5 atom stereocenters. The molecule has 0 saturated heterocycles. The van der Waals surface area contributed by atoms with Gasteiger partial charge in [-0.05, 0) is 80.3 Å². The third kappa shape index (κ3) is 2.30. The zero-order chi connectivity index (χ0) is 17.9. The SMILES string of the molecule is C[C@]12CCC3=C4CCC(c5ccccc5)C[C@]4(O)CC[C@H]3[C@@H]1CCC2=O. The van der Waals surface area contributed by atoms with Gasteiger partial charge in [-0.25, -0.2) is 0 Å². The Labute approximate surface area is 156 Å². The Morgan fingerprint density at radius 1 is 1.00 bits per heavy atom. The molecule has 0 radical (unpaired) electrons. The van der Waals surface area contributed by atoms with E-state index in [2.05, 4.69) is 37.3 Å². The van der Waals surface area contributed by atoms with Gasteiger partial charge in [-0.15, -0.1) is 0 Å². The van der Waals surface area contributed by atoms with E-state index in [0.29, 0.717) is 23.5 Å². The van der Waals surface area contributed by atoms with Gasteiger partial charge in [0.2, 0.25) is 0 Å². The number of hydrogen-bond donors (Lipinski definition) is 1. The second kappa shape index (κ2) is 5.79. The van der Waals surface area contributed by atoms with Crippen molar-refractivity contribution in [1.29, 1.82) is 0 Å². The Morgan fingerprint density at radius 2 is 1.81 bits per heavy atom. The molecule has 0 aromatic heterocycles. The van der Waals surface area contributed by atoms with Crippen LogP contribution in [-0.4, -0.2) is 16.5 Å². The molecule has 2 nitrogen and oxygen atoms in total. The van der Waals surface area contributed by atoms with E-state index in [1.54, 1.807) is 5.57 Å². The highest BCUT2D eigenvalue weighted by Gasteiger charge is 2.55. The smallest absolute Gasteiger partial charge is 0.139 e. The van der Waals surface area contributed by atoms with Gasteiger partial charge in [0.25, 0.3) is 0 Å². The minimum absolute atomic E-state index is 0.0780. The number of carbonyl (C=O) groups excluding carboxylic acids is 1. The van der Waals surface area contributed by atoms with E-state index in [0.717, 1.165) is 57.8 Å². The zero-order valence-electron chi connectivity index (χ0n) is 15.8. The number of hydrogen-bond acceptors (Lipinski definition) is 2. The van der Waals surface area contributed by atoms with E-state index in [9.17, 15) is 9.90 Å². The summed E-state index contributed by atoms with van der Waals surface area (Å²) in [5.74, 6) is 2.07. The van der Waals surface area contributed by atoms with Crippen LogP contribution in [-0.2, 0) is 4.79 Å². The van der Waals surface area contributed by atoms with E-state index in [4.69, 9.17) is 0 Å². The predicted octanol–water partition coefficient (Wildman–Crippen LogP) is 5.17. The van der Waals surface area contributed by atoms with Crippen molar-refractivity contribution in [2.24, 2.45) is 17.3 Å². The largest absolute Gasteiger partial charge is 0.385 e. The number of Topliss-reactive ketones (excluding diaryl/α,β-unsaturated/α-hetero) is 1. The number of aliphatic hydroxyl groups is 1. The Bertz CT molecular complexity index is 764. The molecular weight excluding hydrogens is 320 g/mol. The number of benzene rings is 1. The first-order valence-electron chi connectivity index (χ1n) is 10.5. The van der Waals surface area contributed by atoms with Gasteiger partial charge in [0.1, 0.15) is 5.78 Å². The van der Waals surface area contributed by atoms with Gasteiger partial charge in [0.15, 0.2) is 0 Å². The summed E-state index contributed by atoms with van der Waals surface area (Å²) >= 11 is 0. The Morgan fingerprint density at radius 3 is 2.62 bits per heavy atom. The van der Waals surface area contributed by atoms with E-state index in [-0.39, 0.29) is 5.41 Å². The van der Waals surface area contributed by atoms with Crippen molar-refractivity contribution < 1.29 is 9.90 Å². The first-order chi connectivity index (χ1) is 12.5. The quantitative estimate of drug-likeness (QED) is 0.709. The Hall–Kier alpha value is -1.41. The van der Waals surface area contributed by atoms with Crippen LogP contribution in [0.5, 0.6) is 0 Å². The van der Waals surface area contributed by atoms with Gasteiger partial charge >= 0.3 is 0 Å². The van der Waals surface area contributed by atoms with Crippen molar-refractivity contribution >= 4 is 5.78 Å². The molecule has 0 aliphatic heterocycles. The summed E-state index contributed by atoms with van der Waals surface area (Å²) in [6.07, 6.45) is 8.93. The lowest BCUT2D eigenvalue weighted by molar-refractivity contribution is -0.128. The third-order valence-electron chi connectivity index (χ3n) is 8.40. The number of carbonyl (C=O) groups is 1. The molecule has 4 aliphatic carbocycles. The van der Waals surface area contributed by atoms with Crippen LogP contribution in [0.25, 0.3) is 0 Å². The minimum Gasteiger partial charge on any atom is -0.385 e. The molecule has 1 aromatic carbocycles. The van der Waals surface area contributed by atoms with E-state index in [1.165, 1.54) is 11.1 Å². The van der Waals surface area contributed by atoms with Crippen LogP contribution in [0.1, 0.15) is 76.2 Å². The van der Waals surface area contributed by atoms with Crippen LogP contribution < -0.4 is 0 Å². The van der Waals surface area contributed by atoms with Crippen molar-refractivity contribution in [2.45, 2.75) is 76.2 Å². The minimum atomic E-state index is -0.596. The number of fused-ring (bicyclic) bond motifs is 4. The summed E-state index contributed by atoms with van der Waals surface area (Å²) in [6, 6.07) is 10.7. The van der Waals surface area contributed by atoms with Crippen LogP contribution in [0, 0.1) is 17.3 Å². The summed E-state index contributed by atoms with van der Waals surface area (Å²) in [4.78, 5) is 12.5. The molecular formula is C24H30O2. The topological polar surface area (TPSA) is 37.3 Å². The third-order valence-corrected chi connectivity index (χ3v) is 8.40. The summed E-state index contributed by atoms with van der Waals surface area (Å²) in [7, 11) is 0. The van der Waals surface area contributed by atoms with E-state index >= 15 is 0 Å². The van der Waals surface area contributed by atoms with Crippen molar-refractivity contribution in [2.75, 3.05) is 0 Å². The van der Waals surface area contributed by atoms with Crippen LogP contribution in [0.3, 0.4) is 0 Å². The van der Waals surface area contributed by atoms with Gasteiger partial charge in [-0.2, -0.15) is 0 Å². The van der Waals surface area contributed by atoms with Crippen molar-refractivity contribution in [1.82, 2.24) is 0 Å². The van der Waals surface area contributed by atoms with Gasteiger partial charge in [-0.1, -0.05) is 42.8 Å². The maximum absolute atomic E-state index is 12.5. The van der Waals surface area contributed by atoms with Crippen molar-refractivity contribution in [3.8, 4) is 0 Å². The molecule has 5 rings (SSSR count). The van der Waals surface area contributed by atoms with Gasteiger partial charge in [-0.3, -0.25) is 4.79 Å². The average molecular weight is 351 g/mol. The van der Waals surface area contributed by atoms with Gasteiger partial charge in [0.05, 0.1) is 5.60 Å². The summed E-state index contributed by atoms with van der Waals surface area (Å²) in [5.41, 5.74) is 3.64. The summed E-state index contributed by atoms with van der Waals surface area (Å²) in [6.45, 7) is 2.22. The highest BCUT2D eigenvalue weighted by atomic mass is 16.3. The molecule has 1 unspecified atom stereocenters. The average Bonchev–Trinajstić information content (AvgIpc) is 2.96. The molecule has 2 heteroatoms. The molecule has 1 aromatic rings. The highest BCUT2D eigenvalue weighted by molar-refractivity contribution is 5.87. The number of ketones is 1. The number of allylic oxidation sites excluding steroid dienone is 1. The molecule has 0 amide bonds. The van der Waals surface area contributed by atoms with Gasteiger partial charge < -0.3 is 5.11 Å². The first kappa shape index (κ1) is 16.7. The fraction of sp³-hybridized carbons (Fsp3) is 0.625. The molecule has 0 spiro atoms. The molecule has 0 bridgehead atoms. The second-order valence-corrected chi connectivity index (χ2v) is 9.52. The monoisotopic (exact) mass is 350 g/mol. The molecule has 26 heavy (non-hydrogen) atoms. The lowest BCUT2D eigenvalue weighted by atomic mass is 9.54. The summed E-state index contributed by atoms with van der Waals surface area (Å²) < 4.78 is 0. The summed E-state index contributed by atoms with van der Waals surface area (Å²) in [5, 5.41) is 11.6. The number of rotatable bonds is 1. The first-order valence-corrected chi connectivity index (χ1v) is 10.5. The highest BCUT2D eigenvalue weighted by Crippen LogP contribution is 2.60. The lowest BCUT2D eigenvalue weighted by Crippen LogP contribution is -2.47. The van der Waals surface area contributed by atoms with Crippen molar-refractivity contribution in [3.05, 3.63) is 47.0 Å². The molecule has 4 aliphatic rings. The molecule has 1 N–H and O–H groups in total. The van der Waals surface area contributed by atoms with E-state index in [1.807, 2.05) is 0 Å². The molecule has 3 saturated carbocycles. The maximum atomic E-state index is 12.5. The van der Waals surface area contributed by atoms with Gasteiger partial charge in [0, 0.05) is 11.8 Å². The Kier molecular flexibility index (Phi) is 3.73. The van der Waals surface area contributed by atoms with Crippen LogP contribution in [0.2, 0.25) is 0 Å². The predicted molar refractivity (Wildman–Crippen MR) is 103 cm³/mol. The van der Waals surface area contributed by atoms with Crippen molar-refractivity contribution in [3.63, 3.8) is 0 Å². The maximum Gasteiger partial charge on any atom is 0.139 e. The Balaban J connectivity index is 1.46. The van der Waals surface area contributed by atoms with Crippen LogP contribution >= 0.6 is 0 Å². The fourth-order valence-electron chi connectivity index (χ4n) is 6.94. The van der Waals surface area contributed by atoms with Crippen LogP contribution in [0.15, 0.2) is 41.5 Å². The fourth-order valence-corrected chi connectivity index (χ4v) is 6.94. The standard InChI is InChI=1S/C24H30O2/c1-23-13-11-19-18(20(23)9-10-22(23)25)12-14-24(26)15-17(7-8-21(19)24)16-5-3-2-4-6-16/h2-6,17-18,20,26H,7-15H2,1H3/t17?,18-,20+,23+,24-/m1/s1. The van der Waals surface area contributed by atoms with E-state index < -0.39 is 5.60 Å². The van der Waals surface area contributed by atoms with Crippen LogP contribution in [0.4, 0.5) is 0 Å².